The molecule has 0 aliphatic rings. The number of unbranched alkanes of at least 4 members (excludes halogenated alkanes) is 3. The van der Waals surface area contributed by atoms with Gasteiger partial charge in [-0.05, 0) is 24.6 Å². The van der Waals surface area contributed by atoms with Crippen molar-refractivity contribution < 1.29 is 27.9 Å². The standard InChI is InChI=1S/C11H19F3N2O3S/c12-11(13,14)20-8-7-16-10(19)15-6-4-2-1-3-5-9(17)18/h1-8H2,(H,17,18)(H2,15,16,19). The number of hydrogen-bond acceptors (Lipinski definition) is 3. The number of halogens is 3. The minimum absolute atomic E-state index is 0.0470. The van der Waals surface area contributed by atoms with Gasteiger partial charge in [0.1, 0.15) is 0 Å². The number of hydrogen-bond donors (Lipinski definition) is 3. The summed E-state index contributed by atoms with van der Waals surface area (Å²) in [5, 5.41) is 13.3. The van der Waals surface area contributed by atoms with Crippen molar-refractivity contribution in [3.8, 4) is 0 Å². The van der Waals surface area contributed by atoms with Gasteiger partial charge in [-0.2, -0.15) is 13.2 Å². The van der Waals surface area contributed by atoms with Crippen molar-refractivity contribution in [1.29, 1.82) is 0 Å². The third kappa shape index (κ3) is 14.9. The number of nitrogens with one attached hydrogen (secondary N) is 2. The first-order valence-corrected chi connectivity index (χ1v) is 7.24. The Morgan fingerprint density at radius 3 is 2.20 bits per heavy atom. The summed E-state index contributed by atoms with van der Waals surface area (Å²) in [7, 11) is 0. The monoisotopic (exact) mass is 316 g/mol. The van der Waals surface area contributed by atoms with E-state index >= 15 is 0 Å². The second kappa shape index (κ2) is 10.6. The number of amides is 2. The van der Waals surface area contributed by atoms with Crippen molar-refractivity contribution in [1.82, 2.24) is 10.6 Å². The molecule has 0 atom stereocenters. The van der Waals surface area contributed by atoms with E-state index in [2.05, 4.69) is 10.6 Å². The molecule has 0 bridgehead atoms. The lowest BCUT2D eigenvalue weighted by atomic mass is 10.1. The number of carbonyl (C=O) groups excluding carboxylic acids is 1. The van der Waals surface area contributed by atoms with E-state index in [1.807, 2.05) is 0 Å². The first-order valence-electron chi connectivity index (χ1n) is 6.25. The molecule has 0 aliphatic heterocycles. The zero-order chi connectivity index (χ0) is 15.4. The molecule has 0 rings (SSSR count). The van der Waals surface area contributed by atoms with Crippen LogP contribution < -0.4 is 10.6 Å². The van der Waals surface area contributed by atoms with E-state index in [0.717, 1.165) is 12.8 Å². The van der Waals surface area contributed by atoms with Crippen LogP contribution >= 0.6 is 11.8 Å². The highest BCUT2D eigenvalue weighted by atomic mass is 32.2. The molecule has 0 saturated carbocycles. The summed E-state index contributed by atoms with van der Waals surface area (Å²) in [6.45, 7) is 0.375. The topological polar surface area (TPSA) is 78.4 Å². The van der Waals surface area contributed by atoms with E-state index < -0.39 is 17.5 Å². The molecule has 0 unspecified atom stereocenters. The maximum absolute atomic E-state index is 11.8. The number of carbonyl (C=O) groups is 2. The lowest BCUT2D eigenvalue weighted by Gasteiger charge is -2.08. The molecule has 5 nitrogen and oxygen atoms in total. The fourth-order valence-electron chi connectivity index (χ4n) is 1.35. The van der Waals surface area contributed by atoms with Crippen molar-refractivity contribution in [2.45, 2.75) is 37.6 Å². The molecule has 0 spiro atoms. The van der Waals surface area contributed by atoms with Crippen LogP contribution in [0.5, 0.6) is 0 Å². The van der Waals surface area contributed by atoms with Gasteiger partial charge in [0.05, 0.1) is 0 Å². The van der Waals surface area contributed by atoms with Crippen molar-refractivity contribution in [3.63, 3.8) is 0 Å². The Labute approximate surface area is 119 Å². The Balaban J connectivity index is 3.31. The van der Waals surface area contributed by atoms with Gasteiger partial charge in [-0.3, -0.25) is 4.79 Å². The van der Waals surface area contributed by atoms with Crippen LogP contribution in [0, 0.1) is 0 Å². The number of carboxylic acid groups (broad SMARTS) is 1. The minimum Gasteiger partial charge on any atom is -0.481 e. The van der Waals surface area contributed by atoms with Crippen LogP contribution in [-0.2, 0) is 4.79 Å². The summed E-state index contributed by atoms with van der Waals surface area (Å²) in [5.74, 6) is -1.04. The van der Waals surface area contributed by atoms with Gasteiger partial charge >= 0.3 is 17.5 Å². The smallest absolute Gasteiger partial charge is 0.441 e. The van der Waals surface area contributed by atoms with E-state index in [9.17, 15) is 22.8 Å². The Bertz CT molecular complexity index is 301. The summed E-state index contributed by atoms with van der Waals surface area (Å²) in [6, 6.07) is -0.488. The molecule has 0 aromatic rings. The molecule has 2 amide bonds. The van der Waals surface area contributed by atoms with Crippen LogP contribution in [-0.4, -0.2) is 41.5 Å². The quantitative estimate of drug-likeness (QED) is 0.541. The first-order chi connectivity index (χ1) is 9.31. The highest BCUT2D eigenvalue weighted by molar-refractivity contribution is 8.00. The SMILES string of the molecule is O=C(O)CCCCCCNC(=O)NCCSC(F)(F)F. The van der Waals surface area contributed by atoms with E-state index in [1.54, 1.807) is 0 Å². The molecule has 0 aromatic heterocycles. The molecule has 0 aliphatic carbocycles. The molecule has 0 radical (unpaired) electrons. The van der Waals surface area contributed by atoms with Gasteiger partial charge in [-0.1, -0.05) is 12.8 Å². The lowest BCUT2D eigenvalue weighted by Crippen LogP contribution is -2.37. The molecule has 118 valence electrons. The van der Waals surface area contributed by atoms with Crippen LogP contribution in [0.3, 0.4) is 0 Å². The van der Waals surface area contributed by atoms with Crippen molar-refractivity contribution in [3.05, 3.63) is 0 Å². The van der Waals surface area contributed by atoms with Gasteiger partial charge in [-0.15, -0.1) is 0 Å². The van der Waals surface area contributed by atoms with Gasteiger partial charge < -0.3 is 15.7 Å². The second-order valence-electron chi connectivity index (χ2n) is 4.03. The average Bonchev–Trinajstić information content (AvgIpc) is 2.32. The molecular weight excluding hydrogens is 297 g/mol. The number of urea groups is 1. The van der Waals surface area contributed by atoms with Crippen molar-refractivity contribution >= 4 is 23.8 Å². The summed E-state index contributed by atoms with van der Waals surface area (Å²) >= 11 is -0.175. The van der Waals surface area contributed by atoms with Crippen LogP contribution in [0.2, 0.25) is 0 Å². The normalized spacial score (nSPS) is 11.2. The number of alkyl halides is 3. The highest BCUT2D eigenvalue weighted by Gasteiger charge is 2.27. The second-order valence-corrected chi connectivity index (χ2v) is 5.19. The number of aliphatic carboxylic acids is 1. The summed E-state index contributed by atoms with van der Waals surface area (Å²) in [4.78, 5) is 21.4. The highest BCUT2D eigenvalue weighted by Crippen LogP contribution is 2.29. The number of carboxylic acids is 1. The summed E-state index contributed by atoms with van der Waals surface area (Å²) in [5.41, 5.74) is -4.27. The fraction of sp³-hybridized carbons (Fsp3) is 0.818. The number of rotatable bonds is 10. The van der Waals surface area contributed by atoms with E-state index in [4.69, 9.17) is 5.11 Å². The van der Waals surface area contributed by atoms with Crippen molar-refractivity contribution in [2.75, 3.05) is 18.8 Å². The first kappa shape index (κ1) is 18.9. The van der Waals surface area contributed by atoms with Gasteiger partial charge in [0.15, 0.2) is 0 Å². The van der Waals surface area contributed by atoms with Gasteiger partial charge in [0, 0.05) is 25.3 Å². The molecular formula is C11H19F3N2O3S. The van der Waals surface area contributed by atoms with Crippen LogP contribution in [0.1, 0.15) is 32.1 Å². The van der Waals surface area contributed by atoms with E-state index in [-0.39, 0.29) is 30.5 Å². The fourth-order valence-corrected chi connectivity index (χ4v) is 1.79. The molecule has 9 heteroatoms. The van der Waals surface area contributed by atoms with Crippen molar-refractivity contribution in [2.24, 2.45) is 0 Å². The minimum atomic E-state index is -4.27. The molecule has 3 N–H and O–H groups in total. The van der Waals surface area contributed by atoms with Crippen LogP contribution in [0.4, 0.5) is 18.0 Å². The zero-order valence-electron chi connectivity index (χ0n) is 11.0. The van der Waals surface area contributed by atoms with Gasteiger partial charge in [-0.25, -0.2) is 4.79 Å². The molecule has 0 aromatic carbocycles. The third-order valence-electron chi connectivity index (χ3n) is 2.26. The van der Waals surface area contributed by atoms with Crippen LogP contribution in [0.15, 0.2) is 0 Å². The predicted molar refractivity (Wildman–Crippen MR) is 70.6 cm³/mol. The Morgan fingerprint density at radius 1 is 1.00 bits per heavy atom. The molecule has 0 heterocycles. The Kier molecular flexibility index (Phi) is 10.0. The van der Waals surface area contributed by atoms with Crippen LogP contribution in [0.25, 0.3) is 0 Å². The Morgan fingerprint density at radius 2 is 1.60 bits per heavy atom. The van der Waals surface area contributed by atoms with Gasteiger partial charge in [0.2, 0.25) is 0 Å². The third-order valence-corrected chi connectivity index (χ3v) is 2.99. The average molecular weight is 316 g/mol. The summed E-state index contributed by atoms with van der Waals surface area (Å²) in [6.07, 6.45) is 3.04. The predicted octanol–water partition coefficient (Wildman–Crippen LogP) is 2.57. The maximum Gasteiger partial charge on any atom is 0.441 e. The van der Waals surface area contributed by atoms with Gasteiger partial charge in [0.25, 0.3) is 0 Å². The number of thioether (sulfide) groups is 1. The largest absolute Gasteiger partial charge is 0.481 e. The molecule has 20 heavy (non-hydrogen) atoms. The van der Waals surface area contributed by atoms with E-state index in [0.29, 0.717) is 19.4 Å². The lowest BCUT2D eigenvalue weighted by molar-refractivity contribution is -0.137. The molecule has 0 fully saturated rings. The summed E-state index contributed by atoms with van der Waals surface area (Å²) < 4.78 is 35.3. The van der Waals surface area contributed by atoms with E-state index in [1.165, 1.54) is 0 Å². The maximum atomic E-state index is 11.8. The Hall–Kier alpha value is -1.12. The zero-order valence-corrected chi connectivity index (χ0v) is 11.8. The molecule has 0 saturated heterocycles.